The highest BCUT2D eigenvalue weighted by atomic mass is 16.3. The van der Waals surface area contributed by atoms with Gasteiger partial charge in [0, 0.05) is 12.0 Å². The molecular formula is C15H31NO. The zero-order valence-electron chi connectivity index (χ0n) is 12.3. The van der Waals surface area contributed by atoms with Crippen molar-refractivity contribution in [1.82, 2.24) is 0 Å². The molecule has 0 aliphatic heterocycles. The molecule has 2 heteroatoms. The van der Waals surface area contributed by atoms with Gasteiger partial charge >= 0.3 is 0 Å². The van der Waals surface area contributed by atoms with Gasteiger partial charge in [-0.25, -0.2) is 0 Å². The molecule has 0 saturated heterocycles. The summed E-state index contributed by atoms with van der Waals surface area (Å²) in [7, 11) is 0. The third-order valence-corrected chi connectivity index (χ3v) is 4.52. The first-order valence-electron chi connectivity index (χ1n) is 6.98. The summed E-state index contributed by atoms with van der Waals surface area (Å²) in [5, 5.41) is 10.6. The van der Waals surface area contributed by atoms with Gasteiger partial charge in [0.2, 0.25) is 0 Å². The summed E-state index contributed by atoms with van der Waals surface area (Å²) in [4.78, 5) is 0. The number of hydrogen-bond acceptors (Lipinski definition) is 2. The van der Waals surface area contributed by atoms with Crippen molar-refractivity contribution < 1.29 is 5.11 Å². The molecule has 1 fully saturated rings. The quantitative estimate of drug-likeness (QED) is 0.796. The Labute approximate surface area is 107 Å². The van der Waals surface area contributed by atoms with Gasteiger partial charge in [0.05, 0.1) is 6.10 Å². The molecule has 1 rings (SSSR count). The van der Waals surface area contributed by atoms with Gasteiger partial charge in [-0.2, -0.15) is 0 Å². The molecule has 1 aliphatic rings. The lowest BCUT2D eigenvalue weighted by atomic mass is 9.61. The van der Waals surface area contributed by atoms with Crippen molar-refractivity contribution in [3.05, 3.63) is 0 Å². The summed E-state index contributed by atoms with van der Waals surface area (Å²) in [6, 6.07) is 0. The van der Waals surface area contributed by atoms with Gasteiger partial charge in [-0.15, -0.1) is 0 Å². The average Bonchev–Trinajstić information content (AvgIpc) is 2.16. The van der Waals surface area contributed by atoms with Crippen molar-refractivity contribution in [2.24, 2.45) is 22.0 Å². The van der Waals surface area contributed by atoms with Gasteiger partial charge in [-0.05, 0) is 42.9 Å². The molecule has 102 valence electrons. The second-order valence-electron chi connectivity index (χ2n) is 8.01. The number of hydrogen-bond donors (Lipinski definition) is 2. The largest absolute Gasteiger partial charge is 0.392 e. The van der Waals surface area contributed by atoms with E-state index >= 15 is 0 Å². The molecule has 0 spiro atoms. The lowest BCUT2D eigenvalue weighted by Gasteiger charge is -2.47. The molecule has 0 aromatic heterocycles. The summed E-state index contributed by atoms with van der Waals surface area (Å²) >= 11 is 0. The molecule has 0 heterocycles. The molecule has 0 radical (unpaired) electrons. The Morgan fingerprint density at radius 2 is 1.59 bits per heavy atom. The van der Waals surface area contributed by atoms with Gasteiger partial charge in [0.15, 0.2) is 0 Å². The van der Waals surface area contributed by atoms with Crippen LogP contribution >= 0.6 is 0 Å². The molecule has 2 nitrogen and oxygen atoms in total. The van der Waals surface area contributed by atoms with Crippen LogP contribution in [0, 0.1) is 16.2 Å². The molecule has 3 N–H and O–H groups in total. The van der Waals surface area contributed by atoms with Crippen LogP contribution in [-0.2, 0) is 0 Å². The van der Waals surface area contributed by atoms with Gasteiger partial charge in [0.1, 0.15) is 0 Å². The first kappa shape index (κ1) is 15.0. The van der Waals surface area contributed by atoms with Crippen LogP contribution in [0.3, 0.4) is 0 Å². The summed E-state index contributed by atoms with van der Waals surface area (Å²) in [6.45, 7) is 11.8. The van der Waals surface area contributed by atoms with E-state index in [1.165, 1.54) is 12.8 Å². The molecule has 1 aliphatic carbocycles. The standard InChI is InChI=1S/C15H31NO/c1-13(2,3)10-12(17)15(11-16)8-6-14(4,5)7-9-15/h12,17H,6-11,16H2,1-5H3. The van der Waals surface area contributed by atoms with Crippen LogP contribution in [-0.4, -0.2) is 17.8 Å². The van der Waals surface area contributed by atoms with E-state index in [0.29, 0.717) is 12.0 Å². The highest BCUT2D eigenvalue weighted by Gasteiger charge is 2.43. The molecule has 1 atom stereocenters. The minimum absolute atomic E-state index is 0.0250. The van der Waals surface area contributed by atoms with E-state index in [4.69, 9.17) is 5.73 Å². The molecule has 0 amide bonds. The number of aliphatic hydroxyl groups is 1. The van der Waals surface area contributed by atoms with Crippen LogP contribution in [0.25, 0.3) is 0 Å². The average molecular weight is 241 g/mol. The molecular weight excluding hydrogens is 210 g/mol. The number of nitrogens with two attached hydrogens (primary N) is 1. The van der Waals surface area contributed by atoms with Gasteiger partial charge < -0.3 is 10.8 Å². The van der Waals surface area contributed by atoms with Crippen molar-refractivity contribution >= 4 is 0 Å². The van der Waals surface area contributed by atoms with Crippen LogP contribution in [0.4, 0.5) is 0 Å². The molecule has 0 aromatic rings. The summed E-state index contributed by atoms with van der Waals surface area (Å²) in [5.41, 5.74) is 6.57. The Balaban J connectivity index is 2.70. The lowest BCUT2D eigenvalue weighted by Crippen LogP contribution is -2.47. The van der Waals surface area contributed by atoms with Crippen LogP contribution < -0.4 is 5.73 Å². The zero-order chi connectivity index (χ0) is 13.3. The van der Waals surface area contributed by atoms with Crippen LogP contribution in [0.15, 0.2) is 0 Å². The van der Waals surface area contributed by atoms with Crippen molar-refractivity contribution in [2.75, 3.05) is 6.54 Å². The topological polar surface area (TPSA) is 46.2 Å². The SMILES string of the molecule is CC(C)(C)CC(O)C1(CN)CCC(C)(C)CC1. The molecule has 1 unspecified atom stereocenters. The summed E-state index contributed by atoms with van der Waals surface area (Å²) in [6.07, 6.45) is 5.13. The molecule has 1 saturated carbocycles. The fourth-order valence-corrected chi connectivity index (χ4v) is 2.89. The monoisotopic (exact) mass is 241 g/mol. The molecule has 0 bridgehead atoms. The van der Waals surface area contributed by atoms with Gasteiger partial charge in [-0.3, -0.25) is 0 Å². The van der Waals surface area contributed by atoms with E-state index < -0.39 is 0 Å². The first-order valence-corrected chi connectivity index (χ1v) is 6.98. The maximum atomic E-state index is 10.6. The Kier molecular flexibility index (Phi) is 4.31. The van der Waals surface area contributed by atoms with Gasteiger partial charge in [-0.1, -0.05) is 34.6 Å². The highest BCUT2D eigenvalue weighted by Crippen LogP contribution is 2.48. The minimum Gasteiger partial charge on any atom is -0.392 e. The fourth-order valence-electron chi connectivity index (χ4n) is 2.89. The Morgan fingerprint density at radius 1 is 1.12 bits per heavy atom. The Bertz CT molecular complexity index is 242. The van der Waals surface area contributed by atoms with Gasteiger partial charge in [0.25, 0.3) is 0 Å². The lowest BCUT2D eigenvalue weighted by molar-refractivity contribution is -0.0410. The number of rotatable bonds is 3. The van der Waals surface area contributed by atoms with E-state index in [2.05, 4.69) is 34.6 Å². The zero-order valence-corrected chi connectivity index (χ0v) is 12.3. The van der Waals surface area contributed by atoms with Crippen molar-refractivity contribution in [3.63, 3.8) is 0 Å². The molecule has 0 aromatic carbocycles. The molecule has 17 heavy (non-hydrogen) atoms. The van der Waals surface area contributed by atoms with Crippen molar-refractivity contribution in [1.29, 1.82) is 0 Å². The van der Waals surface area contributed by atoms with E-state index in [0.717, 1.165) is 19.3 Å². The van der Waals surface area contributed by atoms with Crippen LogP contribution in [0.2, 0.25) is 0 Å². The van der Waals surface area contributed by atoms with E-state index in [1.807, 2.05) is 0 Å². The third kappa shape index (κ3) is 3.96. The third-order valence-electron chi connectivity index (χ3n) is 4.52. The Morgan fingerprint density at radius 3 is 1.94 bits per heavy atom. The second-order valence-corrected chi connectivity index (χ2v) is 8.01. The predicted molar refractivity (Wildman–Crippen MR) is 73.8 cm³/mol. The van der Waals surface area contributed by atoms with E-state index in [1.54, 1.807) is 0 Å². The normalized spacial score (nSPS) is 25.6. The summed E-state index contributed by atoms with van der Waals surface area (Å²) < 4.78 is 0. The number of aliphatic hydroxyl groups excluding tert-OH is 1. The van der Waals surface area contributed by atoms with Crippen LogP contribution in [0.1, 0.15) is 66.7 Å². The minimum atomic E-state index is -0.247. The van der Waals surface area contributed by atoms with Crippen LogP contribution in [0.5, 0.6) is 0 Å². The first-order chi connectivity index (χ1) is 7.60. The maximum absolute atomic E-state index is 10.6. The van der Waals surface area contributed by atoms with Crippen molar-refractivity contribution in [3.8, 4) is 0 Å². The van der Waals surface area contributed by atoms with Crippen molar-refractivity contribution in [2.45, 2.75) is 72.8 Å². The second kappa shape index (κ2) is 4.89. The maximum Gasteiger partial charge on any atom is 0.0613 e. The van der Waals surface area contributed by atoms with E-state index in [9.17, 15) is 5.11 Å². The predicted octanol–water partition coefficient (Wildman–Crippen LogP) is 3.33. The fraction of sp³-hybridized carbons (Fsp3) is 1.00. The smallest absolute Gasteiger partial charge is 0.0613 e. The Hall–Kier alpha value is -0.0800. The summed E-state index contributed by atoms with van der Waals surface area (Å²) in [5.74, 6) is 0. The van der Waals surface area contributed by atoms with E-state index in [-0.39, 0.29) is 16.9 Å². The highest BCUT2D eigenvalue weighted by molar-refractivity contribution is 4.95.